The molecule has 1 atom stereocenters. The summed E-state index contributed by atoms with van der Waals surface area (Å²) in [5, 5.41) is 6.01. The molecule has 0 saturated carbocycles. The van der Waals surface area contributed by atoms with E-state index in [2.05, 4.69) is 15.6 Å². The van der Waals surface area contributed by atoms with Crippen molar-refractivity contribution in [1.82, 2.24) is 10.3 Å². The van der Waals surface area contributed by atoms with E-state index < -0.39 is 0 Å². The summed E-state index contributed by atoms with van der Waals surface area (Å²) < 4.78 is 0. The second-order valence-corrected chi connectivity index (χ2v) is 5.19. The maximum Gasteiger partial charge on any atom is 0.255 e. The van der Waals surface area contributed by atoms with Crippen molar-refractivity contribution >= 4 is 23.5 Å². The van der Waals surface area contributed by atoms with Crippen LogP contribution in [0.25, 0.3) is 0 Å². The SMILES string of the molecule is CNc1ncccc1C(=O)NC1CCCSC1. The zero-order valence-corrected chi connectivity index (χ0v) is 10.7. The van der Waals surface area contributed by atoms with Crippen LogP contribution in [0.3, 0.4) is 0 Å². The Kier molecular flexibility index (Phi) is 4.25. The number of thioether (sulfide) groups is 1. The van der Waals surface area contributed by atoms with Gasteiger partial charge >= 0.3 is 0 Å². The van der Waals surface area contributed by atoms with E-state index in [-0.39, 0.29) is 5.91 Å². The van der Waals surface area contributed by atoms with E-state index in [1.807, 2.05) is 11.8 Å². The second-order valence-electron chi connectivity index (χ2n) is 4.04. The molecule has 1 unspecified atom stereocenters. The Bertz CT molecular complexity index is 391. The van der Waals surface area contributed by atoms with Crippen molar-refractivity contribution in [2.75, 3.05) is 23.9 Å². The van der Waals surface area contributed by atoms with Gasteiger partial charge in [0.25, 0.3) is 5.91 Å². The highest BCUT2D eigenvalue weighted by atomic mass is 32.2. The van der Waals surface area contributed by atoms with Crippen LogP contribution in [0.2, 0.25) is 0 Å². The summed E-state index contributed by atoms with van der Waals surface area (Å²) in [5.41, 5.74) is 0.616. The van der Waals surface area contributed by atoms with Crippen LogP contribution in [0.4, 0.5) is 5.82 Å². The highest BCUT2D eigenvalue weighted by Crippen LogP contribution is 2.18. The molecule has 0 spiro atoms. The summed E-state index contributed by atoms with van der Waals surface area (Å²) in [5.74, 6) is 2.82. The molecule has 0 bridgehead atoms. The summed E-state index contributed by atoms with van der Waals surface area (Å²) in [6, 6.07) is 3.88. The van der Waals surface area contributed by atoms with Gasteiger partial charge in [0, 0.05) is 25.0 Å². The zero-order chi connectivity index (χ0) is 12.1. The molecule has 5 heteroatoms. The number of rotatable bonds is 3. The van der Waals surface area contributed by atoms with Gasteiger partial charge in [-0.05, 0) is 30.7 Å². The molecule has 92 valence electrons. The van der Waals surface area contributed by atoms with E-state index in [1.54, 1.807) is 25.4 Å². The van der Waals surface area contributed by atoms with Crippen LogP contribution in [0.1, 0.15) is 23.2 Å². The Hall–Kier alpha value is -1.23. The molecule has 1 amide bonds. The van der Waals surface area contributed by atoms with Crippen LogP contribution in [0.5, 0.6) is 0 Å². The molecular weight excluding hydrogens is 234 g/mol. The zero-order valence-electron chi connectivity index (χ0n) is 9.90. The summed E-state index contributed by atoms with van der Waals surface area (Å²) >= 11 is 1.90. The van der Waals surface area contributed by atoms with Crippen molar-refractivity contribution in [2.24, 2.45) is 0 Å². The molecule has 1 aromatic rings. The van der Waals surface area contributed by atoms with E-state index >= 15 is 0 Å². The Morgan fingerprint density at radius 2 is 2.47 bits per heavy atom. The summed E-state index contributed by atoms with van der Waals surface area (Å²) in [4.78, 5) is 16.2. The lowest BCUT2D eigenvalue weighted by Gasteiger charge is -2.22. The van der Waals surface area contributed by atoms with Crippen molar-refractivity contribution in [2.45, 2.75) is 18.9 Å². The molecule has 1 aliphatic rings. The normalized spacial score (nSPS) is 19.7. The maximum absolute atomic E-state index is 12.1. The van der Waals surface area contributed by atoms with E-state index in [9.17, 15) is 4.79 Å². The fourth-order valence-corrected chi connectivity index (χ4v) is 2.98. The van der Waals surface area contributed by atoms with Crippen LogP contribution in [0.15, 0.2) is 18.3 Å². The number of nitrogens with zero attached hydrogens (tertiary/aromatic N) is 1. The van der Waals surface area contributed by atoms with E-state index in [1.165, 1.54) is 12.2 Å². The number of carbonyl (C=O) groups excluding carboxylic acids is 1. The molecule has 2 N–H and O–H groups in total. The number of hydrogen-bond donors (Lipinski definition) is 2. The maximum atomic E-state index is 12.1. The molecule has 2 rings (SSSR count). The minimum atomic E-state index is -0.0325. The van der Waals surface area contributed by atoms with Crippen molar-refractivity contribution in [3.63, 3.8) is 0 Å². The number of nitrogens with one attached hydrogen (secondary N) is 2. The summed E-state index contributed by atoms with van der Waals surface area (Å²) in [6.45, 7) is 0. The molecule has 0 aromatic carbocycles. The van der Waals surface area contributed by atoms with Crippen LogP contribution in [0, 0.1) is 0 Å². The molecule has 17 heavy (non-hydrogen) atoms. The van der Waals surface area contributed by atoms with Gasteiger partial charge in [0.05, 0.1) is 5.56 Å². The predicted octanol–water partition coefficient (Wildman–Crippen LogP) is 1.75. The smallest absolute Gasteiger partial charge is 0.255 e. The van der Waals surface area contributed by atoms with Gasteiger partial charge in [-0.3, -0.25) is 4.79 Å². The van der Waals surface area contributed by atoms with Crippen LogP contribution >= 0.6 is 11.8 Å². The standard InChI is InChI=1S/C12H17N3OS/c1-13-11-10(5-2-6-14-11)12(16)15-9-4-3-7-17-8-9/h2,5-6,9H,3-4,7-8H2,1H3,(H,13,14)(H,15,16). The van der Waals surface area contributed by atoms with Gasteiger partial charge in [0.1, 0.15) is 5.82 Å². The van der Waals surface area contributed by atoms with E-state index in [4.69, 9.17) is 0 Å². The first-order valence-corrected chi connectivity index (χ1v) is 6.98. The quantitative estimate of drug-likeness (QED) is 0.859. The van der Waals surface area contributed by atoms with Crippen LogP contribution < -0.4 is 10.6 Å². The Morgan fingerprint density at radius 3 is 3.18 bits per heavy atom. The Morgan fingerprint density at radius 1 is 1.59 bits per heavy atom. The molecular formula is C12H17N3OS. The Balaban J connectivity index is 2.03. The number of aromatic nitrogens is 1. The largest absolute Gasteiger partial charge is 0.372 e. The first-order chi connectivity index (χ1) is 8.31. The lowest BCUT2D eigenvalue weighted by molar-refractivity contribution is 0.0939. The van der Waals surface area contributed by atoms with Gasteiger partial charge in [-0.2, -0.15) is 11.8 Å². The highest BCUT2D eigenvalue weighted by Gasteiger charge is 2.18. The van der Waals surface area contributed by atoms with Gasteiger partial charge in [0.15, 0.2) is 0 Å². The molecule has 4 nitrogen and oxygen atoms in total. The van der Waals surface area contributed by atoms with Crippen LogP contribution in [-0.2, 0) is 0 Å². The predicted molar refractivity (Wildman–Crippen MR) is 71.6 cm³/mol. The molecule has 1 aromatic heterocycles. The molecule has 0 aliphatic carbocycles. The number of anilines is 1. The van der Waals surface area contributed by atoms with Crippen molar-refractivity contribution in [3.05, 3.63) is 23.9 Å². The third-order valence-electron chi connectivity index (χ3n) is 2.78. The van der Waals surface area contributed by atoms with Gasteiger partial charge in [-0.25, -0.2) is 4.98 Å². The fourth-order valence-electron chi connectivity index (χ4n) is 1.91. The molecule has 1 fully saturated rings. The minimum absolute atomic E-state index is 0.0325. The lowest BCUT2D eigenvalue weighted by Crippen LogP contribution is -2.38. The number of pyridine rings is 1. The average Bonchev–Trinajstić information content (AvgIpc) is 2.40. The van der Waals surface area contributed by atoms with Gasteiger partial charge < -0.3 is 10.6 Å². The van der Waals surface area contributed by atoms with Crippen molar-refractivity contribution in [3.8, 4) is 0 Å². The first-order valence-electron chi connectivity index (χ1n) is 5.82. The summed E-state index contributed by atoms with van der Waals surface area (Å²) in [7, 11) is 1.77. The highest BCUT2D eigenvalue weighted by molar-refractivity contribution is 7.99. The van der Waals surface area contributed by atoms with Crippen molar-refractivity contribution in [1.29, 1.82) is 0 Å². The summed E-state index contributed by atoms with van der Waals surface area (Å²) in [6.07, 6.45) is 3.94. The topological polar surface area (TPSA) is 54.0 Å². The number of carbonyl (C=O) groups is 1. The average molecular weight is 251 g/mol. The molecule has 1 aliphatic heterocycles. The monoisotopic (exact) mass is 251 g/mol. The third-order valence-corrected chi connectivity index (χ3v) is 4.00. The Labute approximate surface area is 106 Å². The minimum Gasteiger partial charge on any atom is -0.372 e. The van der Waals surface area contributed by atoms with E-state index in [0.29, 0.717) is 17.4 Å². The number of hydrogen-bond acceptors (Lipinski definition) is 4. The molecule has 2 heterocycles. The van der Waals surface area contributed by atoms with Gasteiger partial charge in [-0.1, -0.05) is 0 Å². The molecule has 0 radical (unpaired) electrons. The fraction of sp³-hybridized carbons (Fsp3) is 0.500. The first kappa shape index (κ1) is 12.2. The van der Waals surface area contributed by atoms with Crippen molar-refractivity contribution < 1.29 is 4.79 Å². The third kappa shape index (κ3) is 3.12. The lowest BCUT2D eigenvalue weighted by atomic mass is 10.1. The van der Waals surface area contributed by atoms with E-state index in [0.717, 1.165) is 12.2 Å². The second kappa shape index (κ2) is 5.91. The van der Waals surface area contributed by atoms with Gasteiger partial charge in [0.2, 0.25) is 0 Å². The van der Waals surface area contributed by atoms with Crippen LogP contribution in [-0.4, -0.2) is 35.5 Å². The number of amides is 1. The molecule has 1 saturated heterocycles. The van der Waals surface area contributed by atoms with Gasteiger partial charge in [-0.15, -0.1) is 0 Å².